The third kappa shape index (κ3) is 3.18. The molecule has 0 amide bonds. The summed E-state index contributed by atoms with van der Waals surface area (Å²) in [7, 11) is 1.96. The van der Waals surface area contributed by atoms with Crippen molar-refractivity contribution in [1.29, 1.82) is 0 Å². The van der Waals surface area contributed by atoms with Gasteiger partial charge in [-0.15, -0.1) is 0 Å². The van der Waals surface area contributed by atoms with Crippen LogP contribution in [0.4, 0.5) is 11.6 Å². The average molecular weight is 248 g/mol. The van der Waals surface area contributed by atoms with Gasteiger partial charge >= 0.3 is 0 Å². The first kappa shape index (κ1) is 12.8. The fourth-order valence-electron chi connectivity index (χ4n) is 2.10. The summed E-state index contributed by atoms with van der Waals surface area (Å²) in [6.07, 6.45) is 4.63. The van der Waals surface area contributed by atoms with Crippen LogP contribution in [-0.2, 0) is 4.79 Å². The Balaban J connectivity index is 2.03. The molecule has 0 N–H and O–H groups in total. The SMILES string of the molecule is CC(=O)CCN(C)c1cc(N2CCCC2)ncn1. The third-order valence-corrected chi connectivity index (χ3v) is 3.26. The first-order valence-corrected chi connectivity index (χ1v) is 6.44. The van der Waals surface area contributed by atoms with Gasteiger partial charge in [-0.1, -0.05) is 0 Å². The molecule has 0 unspecified atom stereocenters. The van der Waals surface area contributed by atoms with E-state index in [-0.39, 0.29) is 5.78 Å². The number of nitrogens with zero attached hydrogens (tertiary/aromatic N) is 4. The van der Waals surface area contributed by atoms with E-state index in [0.717, 1.165) is 24.7 Å². The molecule has 5 heteroatoms. The molecule has 5 nitrogen and oxygen atoms in total. The largest absolute Gasteiger partial charge is 0.359 e. The molecular weight excluding hydrogens is 228 g/mol. The molecule has 0 atom stereocenters. The number of carbonyl (C=O) groups is 1. The van der Waals surface area contributed by atoms with Gasteiger partial charge in [0.05, 0.1) is 0 Å². The fraction of sp³-hybridized carbons (Fsp3) is 0.615. The number of rotatable bonds is 5. The van der Waals surface area contributed by atoms with Crippen LogP contribution in [0.25, 0.3) is 0 Å². The first-order chi connectivity index (χ1) is 8.66. The van der Waals surface area contributed by atoms with Gasteiger partial charge in [0.2, 0.25) is 0 Å². The molecule has 0 bridgehead atoms. The summed E-state index contributed by atoms with van der Waals surface area (Å²) in [5, 5.41) is 0. The number of anilines is 2. The Morgan fingerprint density at radius 1 is 1.39 bits per heavy atom. The Kier molecular flexibility index (Phi) is 4.12. The summed E-state index contributed by atoms with van der Waals surface area (Å²) in [6, 6.07) is 2.01. The minimum atomic E-state index is 0.204. The molecule has 18 heavy (non-hydrogen) atoms. The summed E-state index contributed by atoms with van der Waals surface area (Å²) in [5.41, 5.74) is 0. The molecule has 1 aromatic heterocycles. The van der Waals surface area contributed by atoms with Gasteiger partial charge in [0, 0.05) is 39.2 Å². The number of hydrogen-bond acceptors (Lipinski definition) is 5. The quantitative estimate of drug-likeness (QED) is 0.790. The number of aromatic nitrogens is 2. The summed E-state index contributed by atoms with van der Waals surface area (Å²) in [6.45, 7) is 4.47. The van der Waals surface area contributed by atoms with Crippen molar-refractivity contribution in [2.45, 2.75) is 26.2 Å². The minimum Gasteiger partial charge on any atom is -0.359 e. The maximum absolute atomic E-state index is 11.0. The Labute approximate surface area is 108 Å². The minimum absolute atomic E-state index is 0.204. The second-order valence-corrected chi connectivity index (χ2v) is 4.80. The summed E-state index contributed by atoms with van der Waals surface area (Å²) in [5.74, 6) is 2.08. The van der Waals surface area contributed by atoms with Crippen molar-refractivity contribution in [2.75, 3.05) is 36.5 Å². The second kappa shape index (κ2) is 5.80. The van der Waals surface area contributed by atoms with Crippen LogP contribution in [-0.4, -0.2) is 42.4 Å². The highest BCUT2D eigenvalue weighted by atomic mass is 16.1. The molecule has 1 aliphatic rings. The van der Waals surface area contributed by atoms with Gasteiger partial charge in [-0.3, -0.25) is 4.79 Å². The van der Waals surface area contributed by atoms with Gasteiger partial charge < -0.3 is 9.80 Å². The lowest BCUT2D eigenvalue weighted by molar-refractivity contribution is -0.116. The lowest BCUT2D eigenvalue weighted by Crippen LogP contribution is -2.23. The highest BCUT2D eigenvalue weighted by molar-refractivity contribution is 5.76. The van der Waals surface area contributed by atoms with E-state index in [1.54, 1.807) is 13.3 Å². The van der Waals surface area contributed by atoms with Crippen LogP contribution in [0, 0.1) is 0 Å². The van der Waals surface area contributed by atoms with E-state index in [9.17, 15) is 4.79 Å². The maximum Gasteiger partial charge on any atom is 0.134 e. The molecule has 0 saturated carbocycles. The van der Waals surface area contributed by atoms with Gasteiger partial charge in [-0.25, -0.2) is 9.97 Å². The van der Waals surface area contributed by atoms with Gasteiger partial charge in [-0.05, 0) is 19.8 Å². The van der Waals surface area contributed by atoms with Crippen molar-refractivity contribution in [3.05, 3.63) is 12.4 Å². The number of Topliss-reactive ketones (excluding diaryl/α,β-unsaturated/α-hetero) is 1. The normalized spacial score (nSPS) is 14.9. The Morgan fingerprint density at radius 2 is 2.11 bits per heavy atom. The standard InChI is InChI=1S/C13H20N4O/c1-11(18)5-8-16(2)12-9-13(15-10-14-12)17-6-3-4-7-17/h9-10H,3-8H2,1-2H3. The van der Waals surface area contributed by atoms with Gasteiger partial charge in [0.1, 0.15) is 23.7 Å². The average Bonchev–Trinajstić information content (AvgIpc) is 2.90. The molecule has 0 aromatic carbocycles. The van der Waals surface area contributed by atoms with Crippen LogP contribution >= 0.6 is 0 Å². The molecule has 0 aliphatic carbocycles. The van der Waals surface area contributed by atoms with E-state index in [1.807, 2.05) is 18.0 Å². The number of carbonyl (C=O) groups excluding carboxylic acids is 1. The van der Waals surface area contributed by atoms with Crippen LogP contribution in [0.1, 0.15) is 26.2 Å². The molecule has 1 saturated heterocycles. The van der Waals surface area contributed by atoms with E-state index in [0.29, 0.717) is 13.0 Å². The molecular formula is C13H20N4O. The highest BCUT2D eigenvalue weighted by Crippen LogP contribution is 2.20. The molecule has 0 spiro atoms. The second-order valence-electron chi connectivity index (χ2n) is 4.80. The van der Waals surface area contributed by atoms with Gasteiger partial charge in [-0.2, -0.15) is 0 Å². The number of ketones is 1. The van der Waals surface area contributed by atoms with E-state index in [2.05, 4.69) is 14.9 Å². The van der Waals surface area contributed by atoms with Crippen LogP contribution in [0.3, 0.4) is 0 Å². The zero-order valence-electron chi connectivity index (χ0n) is 11.1. The van der Waals surface area contributed by atoms with Crippen LogP contribution < -0.4 is 9.80 Å². The lowest BCUT2D eigenvalue weighted by atomic mass is 10.3. The topological polar surface area (TPSA) is 49.3 Å². The lowest BCUT2D eigenvalue weighted by Gasteiger charge is -2.20. The van der Waals surface area contributed by atoms with Gasteiger partial charge in [0.15, 0.2) is 0 Å². The van der Waals surface area contributed by atoms with Crippen molar-refractivity contribution in [3.8, 4) is 0 Å². The van der Waals surface area contributed by atoms with Crippen molar-refractivity contribution < 1.29 is 4.79 Å². The van der Waals surface area contributed by atoms with Crippen LogP contribution in [0.15, 0.2) is 12.4 Å². The molecule has 0 radical (unpaired) electrons. The Bertz CT molecular complexity index is 415. The third-order valence-electron chi connectivity index (χ3n) is 3.26. The van der Waals surface area contributed by atoms with E-state index >= 15 is 0 Å². The smallest absolute Gasteiger partial charge is 0.134 e. The molecule has 98 valence electrons. The summed E-state index contributed by atoms with van der Waals surface area (Å²) < 4.78 is 0. The van der Waals surface area contributed by atoms with E-state index in [1.165, 1.54) is 12.8 Å². The predicted octanol–water partition coefficient (Wildman–Crippen LogP) is 1.49. The van der Waals surface area contributed by atoms with Crippen LogP contribution in [0.5, 0.6) is 0 Å². The van der Waals surface area contributed by atoms with Crippen molar-refractivity contribution in [3.63, 3.8) is 0 Å². The molecule has 1 aliphatic heterocycles. The number of hydrogen-bond donors (Lipinski definition) is 0. The molecule has 1 aromatic rings. The Morgan fingerprint density at radius 3 is 2.78 bits per heavy atom. The van der Waals surface area contributed by atoms with Crippen molar-refractivity contribution in [2.24, 2.45) is 0 Å². The predicted molar refractivity (Wildman–Crippen MR) is 72.0 cm³/mol. The van der Waals surface area contributed by atoms with E-state index in [4.69, 9.17) is 0 Å². The Hall–Kier alpha value is -1.65. The summed E-state index contributed by atoms with van der Waals surface area (Å²) >= 11 is 0. The zero-order valence-corrected chi connectivity index (χ0v) is 11.1. The monoisotopic (exact) mass is 248 g/mol. The molecule has 2 heterocycles. The van der Waals surface area contributed by atoms with Gasteiger partial charge in [0.25, 0.3) is 0 Å². The maximum atomic E-state index is 11.0. The molecule has 1 fully saturated rings. The van der Waals surface area contributed by atoms with Crippen molar-refractivity contribution >= 4 is 17.4 Å². The highest BCUT2D eigenvalue weighted by Gasteiger charge is 2.14. The zero-order chi connectivity index (χ0) is 13.0. The fourth-order valence-corrected chi connectivity index (χ4v) is 2.10. The van der Waals surface area contributed by atoms with E-state index < -0.39 is 0 Å². The molecule has 2 rings (SSSR count). The van der Waals surface area contributed by atoms with Crippen LogP contribution in [0.2, 0.25) is 0 Å². The van der Waals surface area contributed by atoms with Crippen molar-refractivity contribution in [1.82, 2.24) is 9.97 Å². The first-order valence-electron chi connectivity index (χ1n) is 6.44. The summed E-state index contributed by atoms with van der Waals surface area (Å²) in [4.78, 5) is 23.9.